The maximum Gasteiger partial charge on any atom is 0.230 e. The van der Waals surface area contributed by atoms with Crippen molar-refractivity contribution in [3.63, 3.8) is 0 Å². The zero-order chi connectivity index (χ0) is 17.5. The first kappa shape index (κ1) is 15.0. The van der Waals surface area contributed by atoms with Gasteiger partial charge in [-0.1, -0.05) is 36.4 Å². The van der Waals surface area contributed by atoms with Crippen LogP contribution in [0.25, 0.3) is 0 Å². The first-order chi connectivity index (χ1) is 12.8. The van der Waals surface area contributed by atoms with Gasteiger partial charge in [0.15, 0.2) is 0 Å². The topological polar surface area (TPSA) is 58.0 Å². The Hall–Kier alpha value is -3.34. The van der Waals surface area contributed by atoms with Crippen molar-refractivity contribution in [1.82, 2.24) is 9.99 Å². The standard InChI is InChI=1S/C21H17N3O2/c25-19-10-3-1-7-14(19)17-13-18-15-8-2-4-11-20(15)26-21(24(18)23-17)16-9-5-6-12-22-16/h1-12,18,21,25H,13H2/t18-,21+/m1/s1. The number of phenolic OH excluding ortho intramolecular Hbond substituents is 1. The fourth-order valence-corrected chi connectivity index (χ4v) is 3.63. The molecule has 1 N–H and O–H groups in total. The number of hydrogen-bond donors (Lipinski definition) is 1. The quantitative estimate of drug-likeness (QED) is 0.763. The number of para-hydroxylation sites is 2. The van der Waals surface area contributed by atoms with E-state index >= 15 is 0 Å². The lowest BCUT2D eigenvalue weighted by Crippen LogP contribution is -2.34. The van der Waals surface area contributed by atoms with Crippen molar-refractivity contribution in [2.75, 3.05) is 0 Å². The lowest BCUT2D eigenvalue weighted by atomic mass is 9.96. The molecule has 1 aromatic heterocycles. The van der Waals surface area contributed by atoms with Gasteiger partial charge in [0.2, 0.25) is 6.23 Å². The Labute approximate surface area is 151 Å². The van der Waals surface area contributed by atoms with Gasteiger partial charge in [0.25, 0.3) is 0 Å². The number of ether oxygens (including phenoxy) is 1. The van der Waals surface area contributed by atoms with Crippen LogP contribution in [0.1, 0.15) is 35.5 Å². The van der Waals surface area contributed by atoms with Gasteiger partial charge < -0.3 is 9.84 Å². The highest BCUT2D eigenvalue weighted by atomic mass is 16.5. The van der Waals surface area contributed by atoms with Gasteiger partial charge in [0, 0.05) is 23.7 Å². The van der Waals surface area contributed by atoms with Crippen LogP contribution in [0.2, 0.25) is 0 Å². The zero-order valence-electron chi connectivity index (χ0n) is 14.0. The average molecular weight is 343 g/mol. The summed E-state index contributed by atoms with van der Waals surface area (Å²) in [4.78, 5) is 4.47. The smallest absolute Gasteiger partial charge is 0.230 e. The van der Waals surface area contributed by atoms with Gasteiger partial charge in [-0.3, -0.25) is 4.98 Å². The highest BCUT2D eigenvalue weighted by molar-refractivity contribution is 6.04. The van der Waals surface area contributed by atoms with Crippen molar-refractivity contribution in [2.24, 2.45) is 5.10 Å². The molecule has 0 unspecified atom stereocenters. The molecule has 0 bridgehead atoms. The van der Waals surface area contributed by atoms with Gasteiger partial charge in [0.05, 0.1) is 11.8 Å². The van der Waals surface area contributed by atoms with Gasteiger partial charge in [-0.2, -0.15) is 5.10 Å². The lowest BCUT2D eigenvalue weighted by Gasteiger charge is -2.37. The predicted octanol–water partition coefficient (Wildman–Crippen LogP) is 4.03. The molecule has 26 heavy (non-hydrogen) atoms. The molecular weight excluding hydrogens is 326 g/mol. The molecule has 0 radical (unpaired) electrons. The molecule has 5 heteroatoms. The number of benzene rings is 2. The summed E-state index contributed by atoms with van der Waals surface area (Å²) in [5.74, 6) is 1.10. The van der Waals surface area contributed by atoms with E-state index < -0.39 is 0 Å². The van der Waals surface area contributed by atoms with Crippen molar-refractivity contribution in [1.29, 1.82) is 0 Å². The van der Waals surface area contributed by atoms with Crippen LogP contribution in [0.5, 0.6) is 11.5 Å². The van der Waals surface area contributed by atoms with E-state index in [-0.39, 0.29) is 18.0 Å². The molecule has 0 spiro atoms. The summed E-state index contributed by atoms with van der Waals surface area (Å²) in [6.07, 6.45) is 2.08. The molecule has 2 aromatic carbocycles. The molecule has 2 atom stereocenters. The maximum absolute atomic E-state index is 10.2. The van der Waals surface area contributed by atoms with E-state index in [0.29, 0.717) is 6.42 Å². The minimum Gasteiger partial charge on any atom is -0.507 e. The van der Waals surface area contributed by atoms with Gasteiger partial charge in [0.1, 0.15) is 17.2 Å². The first-order valence-electron chi connectivity index (χ1n) is 8.62. The molecule has 0 saturated heterocycles. The van der Waals surface area contributed by atoms with Crippen LogP contribution in [0.15, 0.2) is 78.0 Å². The molecular formula is C21H17N3O2. The highest BCUT2D eigenvalue weighted by Crippen LogP contribution is 2.47. The number of aromatic nitrogens is 1. The average Bonchev–Trinajstić information content (AvgIpc) is 3.14. The number of pyridine rings is 1. The molecule has 3 heterocycles. The summed E-state index contributed by atoms with van der Waals surface area (Å²) < 4.78 is 6.24. The summed E-state index contributed by atoms with van der Waals surface area (Å²) in [5.41, 5.74) is 3.54. The van der Waals surface area contributed by atoms with Crippen LogP contribution in [-0.4, -0.2) is 20.8 Å². The fourth-order valence-electron chi connectivity index (χ4n) is 3.63. The highest BCUT2D eigenvalue weighted by Gasteiger charge is 2.41. The van der Waals surface area contributed by atoms with Crippen molar-refractivity contribution >= 4 is 5.71 Å². The van der Waals surface area contributed by atoms with Gasteiger partial charge in [-0.15, -0.1) is 0 Å². The molecule has 2 aliphatic heterocycles. The van der Waals surface area contributed by atoms with Crippen molar-refractivity contribution in [3.8, 4) is 11.5 Å². The third-order valence-corrected chi connectivity index (χ3v) is 4.85. The third-order valence-electron chi connectivity index (χ3n) is 4.85. The Bertz CT molecular complexity index is 987. The van der Waals surface area contributed by atoms with E-state index in [9.17, 15) is 5.11 Å². The first-order valence-corrected chi connectivity index (χ1v) is 8.62. The molecule has 5 rings (SSSR count). The number of aromatic hydroxyl groups is 1. The van der Waals surface area contributed by atoms with Gasteiger partial charge in [-0.05, 0) is 30.3 Å². The van der Waals surface area contributed by atoms with E-state index in [1.165, 1.54) is 0 Å². The maximum atomic E-state index is 10.2. The Balaban J connectivity index is 1.62. The summed E-state index contributed by atoms with van der Waals surface area (Å²) in [6.45, 7) is 0. The largest absolute Gasteiger partial charge is 0.507 e. The number of nitrogens with zero attached hydrogens (tertiary/aromatic N) is 3. The molecule has 2 aliphatic rings. The van der Waals surface area contributed by atoms with E-state index in [1.54, 1.807) is 12.3 Å². The summed E-state index contributed by atoms with van der Waals surface area (Å²) in [5, 5.41) is 17.0. The minimum atomic E-state index is -0.389. The molecule has 128 valence electrons. The number of hydrazone groups is 1. The molecule has 5 nitrogen and oxygen atoms in total. The number of rotatable bonds is 2. The van der Waals surface area contributed by atoms with Gasteiger partial charge >= 0.3 is 0 Å². The SMILES string of the molecule is Oc1ccccc1C1=NN2[C@H](C1)c1ccccc1O[C@H]2c1ccccn1. The molecule has 3 aromatic rings. The second-order valence-corrected chi connectivity index (χ2v) is 6.43. The van der Waals surface area contributed by atoms with Crippen molar-refractivity contribution in [2.45, 2.75) is 18.7 Å². The van der Waals surface area contributed by atoms with E-state index in [2.05, 4.69) is 11.1 Å². The molecule has 0 fully saturated rings. The Morgan fingerprint density at radius 3 is 2.62 bits per heavy atom. The summed E-state index contributed by atoms with van der Waals surface area (Å²) in [7, 11) is 0. The molecule has 0 saturated carbocycles. The number of fused-ring (bicyclic) bond motifs is 3. The minimum absolute atomic E-state index is 0.0570. The monoisotopic (exact) mass is 343 g/mol. The summed E-state index contributed by atoms with van der Waals surface area (Å²) in [6, 6.07) is 21.2. The molecule has 0 aliphatic carbocycles. The van der Waals surface area contributed by atoms with E-state index in [0.717, 1.165) is 28.3 Å². The van der Waals surface area contributed by atoms with Crippen LogP contribution >= 0.6 is 0 Å². The molecule has 0 amide bonds. The van der Waals surface area contributed by atoms with Crippen molar-refractivity contribution in [3.05, 3.63) is 89.7 Å². The Kier molecular flexibility index (Phi) is 3.38. The van der Waals surface area contributed by atoms with Crippen LogP contribution in [0, 0.1) is 0 Å². The van der Waals surface area contributed by atoms with Gasteiger partial charge in [-0.25, -0.2) is 5.01 Å². The van der Waals surface area contributed by atoms with E-state index in [4.69, 9.17) is 9.84 Å². The second-order valence-electron chi connectivity index (χ2n) is 6.43. The van der Waals surface area contributed by atoms with Crippen LogP contribution in [-0.2, 0) is 0 Å². The third kappa shape index (κ3) is 2.32. The summed E-state index contributed by atoms with van der Waals surface area (Å²) >= 11 is 0. The van der Waals surface area contributed by atoms with E-state index in [1.807, 2.05) is 59.6 Å². The predicted molar refractivity (Wildman–Crippen MR) is 97.9 cm³/mol. The van der Waals surface area contributed by atoms with Crippen LogP contribution in [0.4, 0.5) is 0 Å². The van der Waals surface area contributed by atoms with Crippen molar-refractivity contribution < 1.29 is 9.84 Å². The van der Waals surface area contributed by atoms with Crippen LogP contribution in [0.3, 0.4) is 0 Å². The normalized spacial score (nSPS) is 20.8. The lowest BCUT2D eigenvalue weighted by molar-refractivity contribution is -0.0218. The Morgan fingerprint density at radius 1 is 0.962 bits per heavy atom. The number of hydrogen-bond acceptors (Lipinski definition) is 5. The zero-order valence-corrected chi connectivity index (χ0v) is 14.0. The van der Waals surface area contributed by atoms with Crippen LogP contribution < -0.4 is 4.74 Å². The Morgan fingerprint density at radius 2 is 1.77 bits per heavy atom. The number of phenols is 1. The second kappa shape index (κ2) is 5.88. The fraction of sp³-hybridized carbons (Fsp3) is 0.143.